The Balaban J connectivity index is 2.20. The number of halogens is 2. The van der Waals surface area contributed by atoms with E-state index in [1.165, 1.54) is 24.8 Å². The Morgan fingerprint density at radius 3 is 2.82 bits per heavy atom. The molecule has 0 saturated heterocycles. The topological polar surface area (TPSA) is 26.0 Å². The summed E-state index contributed by atoms with van der Waals surface area (Å²) in [4.78, 5) is 0. The zero-order valence-electron chi connectivity index (χ0n) is 9.76. The van der Waals surface area contributed by atoms with Crippen LogP contribution in [0, 0.1) is 0 Å². The highest BCUT2D eigenvalue weighted by atomic mass is 79.9. The van der Waals surface area contributed by atoms with E-state index < -0.39 is 0 Å². The minimum Gasteiger partial charge on any atom is -0.321 e. The predicted octanol–water partition coefficient (Wildman–Crippen LogP) is 4.99. The van der Waals surface area contributed by atoms with E-state index in [-0.39, 0.29) is 6.04 Å². The molecule has 1 aromatic rings. The summed E-state index contributed by atoms with van der Waals surface area (Å²) in [6.07, 6.45) is 8.45. The third kappa shape index (κ3) is 3.34. The second-order valence-corrected chi connectivity index (χ2v) is 5.79. The molecule has 1 aromatic carbocycles. The molecule has 1 aliphatic rings. The van der Waals surface area contributed by atoms with Crippen molar-refractivity contribution >= 4 is 27.5 Å². The van der Waals surface area contributed by atoms with Crippen LogP contribution in [-0.4, -0.2) is 0 Å². The number of hydrogen-bond donors (Lipinski definition) is 1. The van der Waals surface area contributed by atoms with Gasteiger partial charge in [-0.3, -0.25) is 0 Å². The minimum absolute atomic E-state index is 0.00120. The molecule has 1 unspecified atom stereocenters. The van der Waals surface area contributed by atoms with Crippen molar-refractivity contribution in [2.45, 2.75) is 38.1 Å². The zero-order chi connectivity index (χ0) is 12.3. The van der Waals surface area contributed by atoms with Gasteiger partial charge >= 0.3 is 0 Å². The van der Waals surface area contributed by atoms with Gasteiger partial charge in [0.2, 0.25) is 0 Å². The first-order chi connectivity index (χ1) is 8.18. The molecule has 1 nitrogen and oxygen atoms in total. The van der Waals surface area contributed by atoms with Crippen LogP contribution >= 0.6 is 27.5 Å². The molecule has 0 radical (unpaired) electrons. The van der Waals surface area contributed by atoms with Crippen LogP contribution in [0.15, 0.2) is 34.3 Å². The molecule has 0 bridgehead atoms. The van der Waals surface area contributed by atoms with Crippen LogP contribution in [0.2, 0.25) is 5.02 Å². The van der Waals surface area contributed by atoms with Crippen molar-refractivity contribution < 1.29 is 0 Å². The van der Waals surface area contributed by atoms with E-state index in [1.807, 2.05) is 18.2 Å². The summed E-state index contributed by atoms with van der Waals surface area (Å²) in [6.45, 7) is 0. The van der Waals surface area contributed by atoms with Gasteiger partial charge in [-0.1, -0.05) is 35.7 Å². The monoisotopic (exact) mass is 313 g/mol. The van der Waals surface area contributed by atoms with Crippen molar-refractivity contribution in [3.8, 4) is 0 Å². The Hall–Kier alpha value is -0.310. The van der Waals surface area contributed by atoms with Crippen molar-refractivity contribution in [2.75, 3.05) is 0 Å². The first kappa shape index (κ1) is 13.1. The molecule has 0 amide bonds. The highest BCUT2D eigenvalue weighted by Gasteiger charge is 2.14. The fourth-order valence-corrected chi connectivity index (χ4v) is 2.68. The van der Waals surface area contributed by atoms with Gasteiger partial charge in [-0.25, -0.2) is 0 Å². The summed E-state index contributed by atoms with van der Waals surface area (Å²) < 4.78 is 0.921. The maximum absolute atomic E-state index is 6.32. The summed E-state index contributed by atoms with van der Waals surface area (Å²) in [7, 11) is 0. The number of nitrogens with two attached hydrogens (primary N) is 1. The SMILES string of the molecule is NC(C1=CCCCCC1)c1ccc(Br)c(Cl)c1. The summed E-state index contributed by atoms with van der Waals surface area (Å²) in [6, 6.07) is 5.97. The van der Waals surface area contributed by atoms with E-state index >= 15 is 0 Å². The Morgan fingerprint density at radius 2 is 2.06 bits per heavy atom. The molecule has 0 spiro atoms. The van der Waals surface area contributed by atoms with Gasteiger partial charge in [-0.2, -0.15) is 0 Å². The fourth-order valence-electron chi connectivity index (χ4n) is 2.24. The van der Waals surface area contributed by atoms with Gasteiger partial charge in [0.1, 0.15) is 0 Å². The van der Waals surface area contributed by atoms with Crippen molar-refractivity contribution in [1.29, 1.82) is 0 Å². The summed E-state index contributed by atoms with van der Waals surface area (Å²) >= 11 is 9.51. The smallest absolute Gasteiger partial charge is 0.0551 e. The number of hydrogen-bond acceptors (Lipinski definition) is 1. The molecular formula is C14H17BrClN. The summed E-state index contributed by atoms with van der Waals surface area (Å²) in [5.74, 6) is 0. The molecule has 0 fully saturated rings. The molecule has 2 rings (SSSR count). The number of rotatable bonds is 2. The number of benzene rings is 1. The average Bonchev–Trinajstić information content (AvgIpc) is 2.60. The molecule has 3 heteroatoms. The summed E-state index contributed by atoms with van der Waals surface area (Å²) in [5, 5.41) is 0.729. The lowest BCUT2D eigenvalue weighted by atomic mass is 9.96. The highest BCUT2D eigenvalue weighted by Crippen LogP contribution is 2.31. The fraction of sp³-hybridized carbons (Fsp3) is 0.429. The van der Waals surface area contributed by atoms with E-state index in [9.17, 15) is 0 Å². The predicted molar refractivity (Wildman–Crippen MR) is 77.2 cm³/mol. The van der Waals surface area contributed by atoms with Gasteiger partial charge in [-0.15, -0.1) is 0 Å². The first-order valence-corrected chi connectivity index (χ1v) is 7.25. The Kier molecular flexibility index (Phi) is 4.66. The molecule has 17 heavy (non-hydrogen) atoms. The van der Waals surface area contributed by atoms with Crippen LogP contribution in [0.4, 0.5) is 0 Å². The van der Waals surface area contributed by atoms with Crippen molar-refractivity contribution in [3.63, 3.8) is 0 Å². The molecule has 0 heterocycles. The highest BCUT2D eigenvalue weighted by molar-refractivity contribution is 9.10. The molecular weight excluding hydrogens is 298 g/mol. The molecule has 92 valence electrons. The van der Waals surface area contributed by atoms with E-state index in [4.69, 9.17) is 17.3 Å². The van der Waals surface area contributed by atoms with Crippen molar-refractivity contribution in [1.82, 2.24) is 0 Å². The Morgan fingerprint density at radius 1 is 1.24 bits per heavy atom. The lowest BCUT2D eigenvalue weighted by Crippen LogP contribution is -2.13. The Labute approximate surface area is 116 Å². The van der Waals surface area contributed by atoms with Crippen LogP contribution in [0.1, 0.15) is 43.7 Å². The number of allylic oxidation sites excluding steroid dienone is 1. The van der Waals surface area contributed by atoms with Gasteiger partial charge in [0, 0.05) is 4.47 Å². The van der Waals surface area contributed by atoms with Gasteiger partial charge in [-0.05, 0) is 59.3 Å². The van der Waals surface area contributed by atoms with Crippen LogP contribution in [0.3, 0.4) is 0 Å². The van der Waals surface area contributed by atoms with E-state index in [1.54, 1.807) is 0 Å². The molecule has 0 saturated carbocycles. The molecule has 2 N–H and O–H groups in total. The Bertz CT molecular complexity index is 428. The molecule has 1 aliphatic carbocycles. The van der Waals surface area contributed by atoms with Crippen molar-refractivity contribution in [2.24, 2.45) is 5.73 Å². The van der Waals surface area contributed by atoms with E-state index in [0.29, 0.717) is 0 Å². The van der Waals surface area contributed by atoms with Crippen LogP contribution in [-0.2, 0) is 0 Å². The van der Waals surface area contributed by atoms with E-state index in [2.05, 4.69) is 22.0 Å². The third-order valence-corrected chi connectivity index (χ3v) is 4.51. The van der Waals surface area contributed by atoms with Gasteiger partial charge < -0.3 is 5.73 Å². The minimum atomic E-state index is -0.00120. The zero-order valence-corrected chi connectivity index (χ0v) is 12.1. The van der Waals surface area contributed by atoms with Crippen LogP contribution in [0.5, 0.6) is 0 Å². The first-order valence-electron chi connectivity index (χ1n) is 6.08. The molecule has 1 atom stereocenters. The van der Waals surface area contributed by atoms with Crippen molar-refractivity contribution in [3.05, 3.63) is 44.9 Å². The quantitative estimate of drug-likeness (QED) is 0.764. The average molecular weight is 315 g/mol. The summed E-state index contributed by atoms with van der Waals surface area (Å²) in [5.41, 5.74) is 8.78. The molecule has 0 aromatic heterocycles. The maximum atomic E-state index is 6.32. The largest absolute Gasteiger partial charge is 0.321 e. The van der Waals surface area contributed by atoms with E-state index in [0.717, 1.165) is 27.9 Å². The lowest BCUT2D eigenvalue weighted by molar-refractivity contribution is 0.688. The van der Waals surface area contributed by atoms with Gasteiger partial charge in [0.05, 0.1) is 11.1 Å². The standard InChI is InChI=1S/C14H17BrClN/c15-12-8-7-11(9-13(12)16)14(17)10-5-3-1-2-4-6-10/h5,7-9,14H,1-4,6,17H2. The third-order valence-electron chi connectivity index (χ3n) is 3.28. The molecule has 0 aliphatic heterocycles. The normalized spacial score (nSPS) is 18.4. The van der Waals surface area contributed by atoms with Gasteiger partial charge in [0.15, 0.2) is 0 Å². The lowest BCUT2D eigenvalue weighted by Gasteiger charge is -2.16. The van der Waals surface area contributed by atoms with Crippen LogP contribution in [0.25, 0.3) is 0 Å². The van der Waals surface area contributed by atoms with Crippen LogP contribution < -0.4 is 5.73 Å². The second kappa shape index (κ2) is 6.03. The van der Waals surface area contributed by atoms with Gasteiger partial charge in [0.25, 0.3) is 0 Å². The second-order valence-electron chi connectivity index (χ2n) is 4.53. The maximum Gasteiger partial charge on any atom is 0.0551 e.